The Hall–Kier alpha value is -3.81. The highest BCUT2D eigenvalue weighted by atomic mass is 16.5. The van der Waals surface area contributed by atoms with Gasteiger partial charge in [-0.25, -0.2) is 14.3 Å². The molecule has 1 aromatic heterocycles. The van der Waals surface area contributed by atoms with E-state index in [2.05, 4.69) is 5.10 Å². The molecule has 3 aromatic rings. The highest BCUT2D eigenvalue weighted by Gasteiger charge is 2.33. The van der Waals surface area contributed by atoms with E-state index in [1.54, 1.807) is 42.5 Å². The predicted molar refractivity (Wildman–Crippen MR) is 109 cm³/mol. The standard InChI is InChI=1S/C22H22N2O6/c1-5-30-20-15(12-9-13-16(20)27-2)18-17(21(25)28-3)19(22(26)29-4)24(23-18)14-10-7-6-8-11-14/h6-13H,5H2,1-4H3. The van der Waals surface area contributed by atoms with E-state index in [9.17, 15) is 9.59 Å². The summed E-state index contributed by atoms with van der Waals surface area (Å²) in [6.07, 6.45) is 0. The Kier molecular flexibility index (Phi) is 6.36. The van der Waals surface area contributed by atoms with Crippen molar-refractivity contribution in [3.05, 3.63) is 59.8 Å². The van der Waals surface area contributed by atoms with Crippen molar-refractivity contribution < 1.29 is 28.5 Å². The fraction of sp³-hybridized carbons (Fsp3) is 0.227. The molecule has 0 radical (unpaired) electrons. The van der Waals surface area contributed by atoms with Gasteiger partial charge in [0.25, 0.3) is 0 Å². The second-order valence-electron chi connectivity index (χ2n) is 6.07. The number of benzene rings is 2. The number of methoxy groups -OCH3 is 3. The fourth-order valence-corrected chi connectivity index (χ4v) is 3.10. The summed E-state index contributed by atoms with van der Waals surface area (Å²) in [5.41, 5.74) is 1.21. The van der Waals surface area contributed by atoms with Crippen molar-refractivity contribution in [2.24, 2.45) is 0 Å². The summed E-state index contributed by atoms with van der Waals surface area (Å²) in [6, 6.07) is 14.2. The zero-order chi connectivity index (χ0) is 21.7. The van der Waals surface area contributed by atoms with Crippen molar-refractivity contribution in [2.45, 2.75) is 6.92 Å². The molecule has 2 aromatic carbocycles. The van der Waals surface area contributed by atoms with Crippen molar-refractivity contribution in [1.82, 2.24) is 9.78 Å². The number of carbonyl (C=O) groups is 2. The van der Waals surface area contributed by atoms with E-state index >= 15 is 0 Å². The van der Waals surface area contributed by atoms with Crippen molar-refractivity contribution >= 4 is 11.9 Å². The molecule has 1 heterocycles. The number of para-hydroxylation sites is 2. The van der Waals surface area contributed by atoms with Crippen LogP contribution in [-0.4, -0.2) is 49.7 Å². The molecule has 8 heteroatoms. The zero-order valence-electron chi connectivity index (χ0n) is 17.2. The van der Waals surface area contributed by atoms with Crippen LogP contribution in [0.4, 0.5) is 0 Å². The first-order valence-corrected chi connectivity index (χ1v) is 9.22. The highest BCUT2D eigenvalue weighted by Crippen LogP contribution is 2.40. The van der Waals surface area contributed by atoms with Crippen molar-refractivity contribution in [2.75, 3.05) is 27.9 Å². The Balaban J connectivity index is 2.40. The second-order valence-corrected chi connectivity index (χ2v) is 6.07. The molecule has 0 aliphatic carbocycles. The molecular formula is C22H22N2O6. The van der Waals surface area contributed by atoms with Gasteiger partial charge in [0.05, 0.1) is 33.6 Å². The van der Waals surface area contributed by atoms with Gasteiger partial charge < -0.3 is 18.9 Å². The molecule has 0 saturated carbocycles. The van der Waals surface area contributed by atoms with Crippen LogP contribution < -0.4 is 9.47 Å². The van der Waals surface area contributed by atoms with Crippen LogP contribution in [0.1, 0.15) is 27.8 Å². The Morgan fingerprint density at radius 3 is 2.23 bits per heavy atom. The van der Waals surface area contributed by atoms with E-state index in [1.807, 2.05) is 13.0 Å². The third kappa shape index (κ3) is 3.71. The summed E-state index contributed by atoms with van der Waals surface area (Å²) in [4.78, 5) is 25.4. The summed E-state index contributed by atoms with van der Waals surface area (Å²) < 4.78 is 22.5. The maximum Gasteiger partial charge on any atom is 0.357 e. The number of hydrogen-bond acceptors (Lipinski definition) is 7. The number of carbonyl (C=O) groups excluding carboxylic acids is 2. The summed E-state index contributed by atoms with van der Waals surface area (Å²) >= 11 is 0. The molecule has 0 aliphatic rings. The average molecular weight is 410 g/mol. The van der Waals surface area contributed by atoms with Crippen LogP contribution in [-0.2, 0) is 9.47 Å². The smallest absolute Gasteiger partial charge is 0.357 e. The summed E-state index contributed by atoms with van der Waals surface area (Å²) in [7, 11) is 4.00. The third-order valence-corrected chi connectivity index (χ3v) is 4.40. The molecule has 30 heavy (non-hydrogen) atoms. The summed E-state index contributed by atoms with van der Waals surface area (Å²) in [6.45, 7) is 2.20. The van der Waals surface area contributed by atoms with Gasteiger partial charge in [0, 0.05) is 5.56 Å². The van der Waals surface area contributed by atoms with Crippen LogP contribution >= 0.6 is 0 Å². The zero-order valence-corrected chi connectivity index (χ0v) is 17.2. The van der Waals surface area contributed by atoms with Crippen molar-refractivity contribution in [3.8, 4) is 28.4 Å². The van der Waals surface area contributed by atoms with Crippen LogP contribution in [0.15, 0.2) is 48.5 Å². The van der Waals surface area contributed by atoms with Crippen molar-refractivity contribution in [1.29, 1.82) is 0 Å². The first-order valence-electron chi connectivity index (χ1n) is 9.22. The molecule has 0 saturated heterocycles. The minimum atomic E-state index is -0.724. The molecule has 0 unspecified atom stereocenters. The van der Waals surface area contributed by atoms with Gasteiger partial charge in [0.15, 0.2) is 17.2 Å². The van der Waals surface area contributed by atoms with Gasteiger partial charge in [-0.2, -0.15) is 5.10 Å². The molecule has 0 N–H and O–H groups in total. The van der Waals surface area contributed by atoms with Gasteiger partial charge in [-0.1, -0.05) is 24.3 Å². The lowest BCUT2D eigenvalue weighted by atomic mass is 10.0. The number of nitrogens with zero attached hydrogens (tertiary/aromatic N) is 2. The number of esters is 2. The molecule has 156 valence electrons. The Morgan fingerprint density at radius 1 is 0.933 bits per heavy atom. The highest BCUT2D eigenvalue weighted by molar-refractivity contribution is 6.07. The molecule has 8 nitrogen and oxygen atoms in total. The van der Waals surface area contributed by atoms with E-state index in [4.69, 9.17) is 18.9 Å². The van der Waals surface area contributed by atoms with Crippen molar-refractivity contribution in [3.63, 3.8) is 0 Å². The first kappa shape index (κ1) is 20.9. The minimum absolute atomic E-state index is 0.0255. The lowest BCUT2D eigenvalue weighted by Gasteiger charge is -2.13. The van der Waals surface area contributed by atoms with E-state index in [1.165, 1.54) is 26.0 Å². The quantitative estimate of drug-likeness (QED) is 0.551. The SMILES string of the molecule is CCOc1c(OC)cccc1-c1nn(-c2ccccc2)c(C(=O)OC)c1C(=O)OC. The normalized spacial score (nSPS) is 10.4. The molecule has 0 amide bonds. The predicted octanol–water partition coefficient (Wildman–Crippen LogP) is 3.52. The Labute approximate surface area is 173 Å². The molecular weight excluding hydrogens is 388 g/mol. The topological polar surface area (TPSA) is 88.9 Å². The first-order chi connectivity index (χ1) is 14.6. The maximum atomic E-state index is 12.8. The summed E-state index contributed by atoms with van der Waals surface area (Å²) in [5, 5.41) is 4.59. The molecule has 0 spiro atoms. The van der Waals surface area contributed by atoms with E-state index < -0.39 is 11.9 Å². The molecule has 0 fully saturated rings. The minimum Gasteiger partial charge on any atom is -0.493 e. The van der Waals surface area contributed by atoms with Gasteiger partial charge in [0.2, 0.25) is 0 Å². The fourth-order valence-electron chi connectivity index (χ4n) is 3.10. The number of rotatable bonds is 7. The monoisotopic (exact) mass is 410 g/mol. The van der Waals surface area contributed by atoms with E-state index in [0.717, 1.165) is 0 Å². The lowest BCUT2D eigenvalue weighted by molar-refractivity contribution is 0.0549. The largest absolute Gasteiger partial charge is 0.493 e. The van der Waals surface area contributed by atoms with Crippen LogP contribution in [0, 0.1) is 0 Å². The third-order valence-electron chi connectivity index (χ3n) is 4.40. The van der Waals surface area contributed by atoms with E-state index in [-0.39, 0.29) is 17.0 Å². The van der Waals surface area contributed by atoms with Crippen LogP contribution in [0.3, 0.4) is 0 Å². The maximum absolute atomic E-state index is 12.8. The van der Waals surface area contributed by atoms with E-state index in [0.29, 0.717) is 29.4 Å². The van der Waals surface area contributed by atoms with Crippen LogP contribution in [0.5, 0.6) is 11.5 Å². The second kappa shape index (κ2) is 9.13. The van der Waals surface area contributed by atoms with Gasteiger partial charge in [-0.3, -0.25) is 0 Å². The number of hydrogen-bond donors (Lipinski definition) is 0. The number of ether oxygens (including phenoxy) is 4. The molecule has 3 rings (SSSR count). The average Bonchev–Trinajstić information content (AvgIpc) is 3.19. The molecule has 0 bridgehead atoms. The van der Waals surface area contributed by atoms with Gasteiger partial charge in [-0.05, 0) is 31.2 Å². The molecule has 0 atom stereocenters. The molecule has 0 aliphatic heterocycles. The number of aromatic nitrogens is 2. The summed E-state index contributed by atoms with van der Waals surface area (Å²) in [5.74, 6) is -0.572. The van der Waals surface area contributed by atoms with Crippen LogP contribution in [0.25, 0.3) is 16.9 Å². The van der Waals surface area contributed by atoms with Gasteiger partial charge in [0.1, 0.15) is 11.3 Å². The van der Waals surface area contributed by atoms with Crippen LogP contribution in [0.2, 0.25) is 0 Å². The Bertz CT molecular complexity index is 1060. The van der Waals surface area contributed by atoms with Gasteiger partial charge in [-0.15, -0.1) is 0 Å². The Morgan fingerprint density at radius 2 is 1.63 bits per heavy atom. The van der Waals surface area contributed by atoms with Gasteiger partial charge >= 0.3 is 11.9 Å². The lowest BCUT2D eigenvalue weighted by Crippen LogP contribution is -2.15.